The van der Waals surface area contributed by atoms with Crippen molar-refractivity contribution in [2.45, 2.75) is 27.7 Å². The predicted molar refractivity (Wildman–Crippen MR) is 151 cm³/mol. The SMILES string of the molecule is C=C(C)C(=O)Oc1cc(OC(=O)C(=C)C)cc(-c2ccc(-c3cc(OC/C=C/C)cc(OC/C=C/C)c3)o2)c1. The summed E-state index contributed by atoms with van der Waals surface area (Å²) < 4.78 is 28.7. The number of allylic oxidation sites excluding steroid dienone is 2. The molecule has 0 amide bonds. The van der Waals surface area contributed by atoms with E-state index in [4.69, 9.17) is 23.4 Å². The van der Waals surface area contributed by atoms with Gasteiger partial charge in [-0.3, -0.25) is 0 Å². The molecule has 0 bridgehead atoms. The monoisotopic (exact) mass is 528 g/mol. The molecule has 0 saturated heterocycles. The van der Waals surface area contributed by atoms with Crippen LogP contribution >= 0.6 is 0 Å². The molecule has 3 rings (SSSR count). The maximum Gasteiger partial charge on any atom is 0.338 e. The minimum absolute atomic E-state index is 0.169. The number of rotatable bonds is 12. The van der Waals surface area contributed by atoms with E-state index >= 15 is 0 Å². The van der Waals surface area contributed by atoms with Crippen molar-refractivity contribution in [3.8, 4) is 45.6 Å². The Hall–Kier alpha value is -4.78. The van der Waals surface area contributed by atoms with Gasteiger partial charge in [-0.1, -0.05) is 37.5 Å². The number of carbonyl (C=O) groups is 2. The zero-order chi connectivity index (χ0) is 28.4. The number of esters is 2. The Balaban J connectivity index is 1.99. The molecule has 0 N–H and O–H groups in total. The molecule has 1 heterocycles. The van der Waals surface area contributed by atoms with Gasteiger partial charge in [0.1, 0.15) is 47.7 Å². The van der Waals surface area contributed by atoms with Crippen molar-refractivity contribution in [3.05, 3.63) is 97.1 Å². The van der Waals surface area contributed by atoms with Crippen molar-refractivity contribution in [3.63, 3.8) is 0 Å². The third-order valence-electron chi connectivity index (χ3n) is 5.22. The van der Waals surface area contributed by atoms with Crippen molar-refractivity contribution < 1.29 is 33.0 Å². The number of carbonyl (C=O) groups excluding carboxylic acids is 2. The zero-order valence-corrected chi connectivity index (χ0v) is 22.6. The van der Waals surface area contributed by atoms with Crippen LogP contribution in [0, 0.1) is 0 Å². The molecule has 1 aromatic heterocycles. The Morgan fingerprint density at radius 2 is 1.08 bits per heavy atom. The molecular formula is C32H32O7. The van der Waals surface area contributed by atoms with E-state index in [1.54, 1.807) is 32.0 Å². The van der Waals surface area contributed by atoms with Crippen LogP contribution in [0.4, 0.5) is 0 Å². The zero-order valence-electron chi connectivity index (χ0n) is 22.6. The molecule has 0 saturated carbocycles. The fourth-order valence-corrected chi connectivity index (χ4v) is 3.23. The van der Waals surface area contributed by atoms with Gasteiger partial charge in [-0.25, -0.2) is 9.59 Å². The molecule has 0 atom stereocenters. The van der Waals surface area contributed by atoms with Crippen LogP contribution in [0.5, 0.6) is 23.0 Å². The molecule has 0 aliphatic heterocycles. The average molecular weight is 529 g/mol. The largest absolute Gasteiger partial charge is 0.489 e. The first kappa shape index (κ1) is 28.8. The molecule has 0 radical (unpaired) electrons. The molecular weight excluding hydrogens is 496 g/mol. The van der Waals surface area contributed by atoms with Crippen molar-refractivity contribution in [2.24, 2.45) is 0 Å². The van der Waals surface area contributed by atoms with E-state index in [9.17, 15) is 9.59 Å². The Labute approximate surface area is 228 Å². The second-order valence-corrected chi connectivity index (χ2v) is 8.65. The molecule has 0 aliphatic rings. The molecule has 0 fully saturated rings. The molecule has 3 aromatic rings. The lowest BCUT2D eigenvalue weighted by molar-refractivity contribution is -0.130. The normalized spacial score (nSPS) is 11.0. The Kier molecular flexibility index (Phi) is 10.1. The summed E-state index contributed by atoms with van der Waals surface area (Å²) in [5.41, 5.74) is 1.73. The molecule has 2 aromatic carbocycles. The minimum atomic E-state index is -0.607. The van der Waals surface area contributed by atoms with Crippen molar-refractivity contribution in [1.82, 2.24) is 0 Å². The second-order valence-electron chi connectivity index (χ2n) is 8.65. The second kappa shape index (κ2) is 13.7. The van der Waals surface area contributed by atoms with Crippen LogP contribution in [-0.2, 0) is 9.59 Å². The minimum Gasteiger partial charge on any atom is -0.489 e. The van der Waals surface area contributed by atoms with Crippen LogP contribution in [0.25, 0.3) is 22.6 Å². The quantitative estimate of drug-likeness (QED) is 0.104. The lowest BCUT2D eigenvalue weighted by Gasteiger charge is -2.11. The summed E-state index contributed by atoms with van der Waals surface area (Å²) in [6, 6.07) is 13.8. The van der Waals surface area contributed by atoms with Crippen LogP contribution < -0.4 is 18.9 Å². The molecule has 202 valence electrons. The number of hydrogen-bond acceptors (Lipinski definition) is 7. The third kappa shape index (κ3) is 8.36. The fourth-order valence-electron chi connectivity index (χ4n) is 3.23. The summed E-state index contributed by atoms with van der Waals surface area (Å²) >= 11 is 0. The van der Waals surface area contributed by atoms with E-state index in [1.165, 1.54) is 6.07 Å². The topological polar surface area (TPSA) is 84.2 Å². The fraction of sp³-hybridized carbons (Fsp3) is 0.188. The summed E-state index contributed by atoms with van der Waals surface area (Å²) in [7, 11) is 0. The number of benzene rings is 2. The van der Waals surface area contributed by atoms with E-state index < -0.39 is 11.9 Å². The molecule has 0 unspecified atom stereocenters. The first-order valence-corrected chi connectivity index (χ1v) is 12.3. The van der Waals surface area contributed by atoms with Crippen LogP contribution in [-0.4, -0.2) is 25.2 Å². The third-order valence-corrected chi connectivity index (χ3v) is 5.22. The molecule has 39 heavy (non-hydrogen) atoms. The van der Waals surface area contributed by atoms with Gasteiger partial charge in [0.25, 0.3) is 0 Å². The van der Waals surface area contributed by atoms with Gasteiger partial charge in [0.15, 0.2) is 0 Å². The average Bonchev–Trinajstić information content (AvgIpc) is 3.39. The highest BCUT2D eigenvalue weighted by Crippen LogP contribution is 2.36. The summed E-state index contributed by atoms with van der Waals surface area (Å²) in [5.74, 6) is 1.39. The van der Waals surface area contributed by atoms with Gasteiger partial charge < -0.3 is 23.4 Å². The smallest absolute Gasteiger partial charge is 0.338 e. The Bertz CT molecular complexity index is 1340. The van der Waals surface area contributed by atoms with Crippen molar-refractivity contribution in [2.75, 3.05) is 13.2 Å². The van der Waals surface area contributed by atoms with Gasteiger partial charge in [0.05, 0.1) is 0 Å². The van der Waals surface area contributed by atoms with Gasteiger partial charge in [0.2, 0.25) is 0 Å². The standard InChI is InChI=1S/C32H32O7/c1-7-9-13-35-25-15-23(16-26(19-25)36-14-10-8-2)29-11-12-30(39-29)24-17-27(37-31(33)21(3)4)20-28(18-24)38-32(34)22(5)6/h7-12,15-20H,3,5,13-14H2,1-2,4,6H3/b9-7+,10-8+. The van der Waals surface area contributed by atoms with Gasteiger partial charge in [0, 0.05) is 34.4 Å². The molecule has 7 nitrogen and oxygen atoms in total. The highest BCUT2D eigenvalue weighted by molar-refractivity contribution is 5.90. The summed E-state index contributed by atoms with van der Waals surface area (Å²) in [5, 5.41) is 0. The first-order valence-electron chi connectivity index (χ1n) is 12.3. The van der Waals surface area contributed by atoms with Crippen molar-refractivity contribution >= 4 is 11.9 Å². The number of furan rings is 1. The number of ether oxygens (including phenoxy) is 4. The van der Waals surface area contributed by atoms with E-state index in [1.807, 2.05) is 62.4 Å². The van der Waals surface area contributed by atoms with Gasteiger partial charge >= 0.3 is 11.9 Å². The van der Waals surface area contributed by atoms with Crippen molar-refractivity contribution in [1.29, 1.82) is 0 Å². The van der Waals surface area contributed by atoms with E-state index in [0.29, 0.717) is 41.8 Å². The predicted octanol–water partition coefficient (Wildman–Crippen LogP) is 7.49. The lowest BCUT2D eigenvalue weighted by Crippen LogP contribution is -2.10. The van der Waals surface area contributed by atoms with Gasteiger partial charge in [-0.2, -0.15) is 0 Å². The maximum absolute atomic E-state index is 12.1. The molecule has 0 spiro atoms. The van der Waals surface area contributed by atoms with E-state index in [0.717, 1.165) is 5.56 Å². The highest BCUT2D eigenvalue weighted by Gasteiger charge is 2.16. The first-order chi connectivity index (χ1) is 18.7. The van der Waals surface area contributed by atoms with Crippen LogP contribution in [0.3, 0.4) is 0 Å². The van der Waals surface area contributed by atoms with Gasteiger partial charge in [-0.15, -0.1) is 0 Å². The maximum atomic E-state index is 12.1. The van der Waals surface area contributed by atoms with Crippen LogP contribution in [0.1, 0.15) is 27.7 Å². The summed E-state index contributed by atoms with van der Waals surface area (Å²) in [4.78, 5) is 24.3. The van der Waals surface area contributed by atoms with E-state index in [2.05, 4.69) is 13.2 Å². The Morgan fingerprint density at radius 3 is 1.46 bits per heavy atom. The highest BCUT2D eigenvalue weighted by atomic mass is 16.5. The van der Waals surface area contributed by atoms with Gasteiger partial charge in [-0.05, 0) is 64.1 Å². The molecule has 0 aliphatic carbocycles. The number of hydrogen-bond donors (Lipinski definition) is 0. The van der Waals surface area contributed by atoms with Crippen LogP contribution in [0.15, 0.2) is 102 Å². The molecule has 7 heteroatoms. The Morgan fingerprint density at radius 1 is 0.692 bits per heavy atom. The van der Waals surface area contributed by atoms with Crippen LogP contribution in [0.2, 0.25) is 0 Å². The summed E-state index contributed by atoms with van der Waals surface area (Å²) in [6.07, 6.45) is 7.64. The lowest BCUT2D eigenvalue weighted by atomic mass is 10.1. The summed E-state index contributed by atoms with van der Waals surface area (Å²) in [6.45, 7) is 15.0. The van der Waals surface area contributed by atoms with E-state index in [-0.39, 0.29) is 22.6 Å².